The van der Waals surface area contributed by atoms with Gasteiger partial charge in [0, 0.05) is 11.6 Å². The standard InChI is InChI=1S/C25H22O6/c1-27-18-9-7-16(8-10-18)15-30-19-11-12-20-22(14-19)31-23(24(20)26)13-17-5-4-6-21(28-2)25(17)29-3/h4-14H,15H2,1-3H3. The molecule has 0 N–H and O–H groups in total. The van der Waals surface area contributed by atoms with Gasteiger partial charge in [-0.25, -0.2) is 0 Å². The molecular formula is C25H22O6. The van der Waals surface area contributed by atoms with E-state index in [9.17, 15) is 4.79 Å². The summed E-state index contributed by atoms with van der Waals surface area (Å²) in [5.41, 5.74) is 2.18. The maximum Gasteiger partial charge on any atom is 0.231 e. The Morgan fingerprint density at radius 1 is 0.871 bits per heavy atom. The van der Waals surface area contributed by atoms with Crippen LogP contribution in [0.4, 0.5) is 0 Å². The van der Waals surface area contributed by atoms with Gasteiger partial charge in [0.15, 0.2) is 17.3 Å². The van der Waals surface area contributed by atoms with E-state index in [1.165, 1.54) is 0 Å². The van der Waals surface area contributed by atoms with E-state index in [1.54, 1.807) is 51.7 Å². The maximum absolute atomic E-state index is 12.8. The van der Waals surface area contributed by atoms with Crippen LogP contribution in [0.2, 0.25) is 0 Å². The van der Waals surface area contributed by atoms with Crippen LogP contribution in [0.15, 0.2) is 66.4 Å². The number of allylic oxidation sites excluding steroid dienone is 1. The van der Waals surface area contributed by atoms with E-state index in [4.69, 9.17) is 23.7 Å². The fourth-order valence-electron chi connectivity index (χ4n) is 3.31. The molecule has 0 bridgehead atoms. The van der Waals surface area contributed by atoms with Crippen molar-refractivity contribution >= 4 is 11.9 Å². The fourth-order valence-corrected chi connectivity index (χ4v) is 3.31. The minimum absolute atomic E-state index is 0.193. The molecule has 0 saturated heterocycles. The molecule has 0 amide bonds. The third kappa shape index (κ3) is 4.19. The lowest BCUT2D eigenvalue weighted by atomic mass is 10.1. The van der Waals surface area contributed by atoms with E-state index in [0.717, 1.165) is 11.3 Å². The van der Waals surface area contributed by atoms with E-state index >= 15 is 0 Å². The molecule has 3 aromatic carbocycles. The molecule has 3 aromatic rings. The van der Waals surface area contributed by atoms with Crippen LogP contribution in [-0.2, 0) is 6.61 Å². The number of rotatable bonds is 7. The lowest BCUT2D eigenvalue weighted by Crippen LogP contribution is -1.99. The van der Waals surface area contributed by atoms with Gasteiger partial charge in [-0.2, -0.15) is 0 Å². The second-order valence-corrected chi connectivity index (χ2v) is 6.82. The van der Waals surface area contributed by atoms with Gasteiger partial charge in [-0.05, 0) is 42.0 Å². The van der Waals surface area contributed by atoms with Crippen LogP contribution in [0.25, 0.3) is 6.08 Å². The molecule has 0 radical (unpaired) electrons. The quantitative estimate of drug-likeness (QED) is 0.508. The zero-order valence-electron chi connectivity index (χ0n) is 17.5. The molecular weight excluding hydrogens is 396 g/mol. The second-order valence-electron chi connectivity index (χ2n) is 6.82. The summed E-state index contributed by atoms with van der Waals surface area (Å²) >= 11 is 0. The van der Waals surface area contributed by atoms with Crippen molar-refractivity contribution in [3.05, 3.63) is 83.1 Å². The predicted octanol–water partition coefficient (Wildman–Crippen LogP) is 4.91. The molecule has 6 heteroatoms. The summed E-state index contributed by atoms with van der Waals surface area (Å²) in [5, 5.41) is 0. The zero-order chi connectivity index (χ0) is 21.8. The molecule has 0 aromatic heterocycles. The van der Waals surface area contributed by atoms with Crippen LogP contribution >= 0.6 is 0 Å². The van der Waals surface area contributed by atoms with Gasteiger partial charge in [0.05, 0.1) is 26.9 Å². The molecule has 0 spiro atoms. The number of carbonyl (C=O) groups is 1. The average Bonchev–Trinajstić information content (AvgIpc) is 3.12. The molecule has 1 heterocycles. The van der Waals surface area contributed by atoms with Gasteiger partial charge in [-0.1, -0.05) is 24.3 Å². The largest absolute Gasteiger partial charge is 0.497 e. The van der Waals surface area contributed by atoms with Gasteiger partial charge in [0.25, 0.3) is 0 Å². The Kier molecular flexibility index (Phi) is 5.80. The summed E-state index contributed by atoms with van der Waals surface area (Å²) in [6.07, 6.45) is 1.65. The molecule has 6 nitrogen and oxygen atoms in total. The molecule has 0 saturated carbocycles. The lowest BCUT2D eigenvalue weighted by Gasteiger charge is -2.10. The number of ether oxygens (including phenoxy) is 5. The predicted molar refractivity (Wildman–Crippen MR) is 116 cm³/mol. The van der Waals surface area contributed by atoms with Crippen molar-refractivity contribution in [2.75, 3.05) is 21.3 Å². The molecule has 158 valence electrons. The monoisotopic (exact) mass is 418 g/mol. The van der Waals surface area contributed by atoms with E-state index < -0.39 is 0 Å². The minimum atomic E-state index is -0.193. The Morgan fingerprint density at radius 3 is 2.35 bits per heavy atom. The third-order valence-corrected chi connectivity index (χ3v) is 4.93. The number of fused-ring (bicyclic) bond motifs is 1. The topological polar surface area (TPSA) is 63.2 Å². The van der Waals surface area contributed by atoms with Crippen molar-refractivity contribution in [1.82, 2.24) is 0 Å². The third-order valence-electron chi connectivity index (χ3n) is 4.93. The highest BCUT2D eigenvalue weighted by molar-refractivity contribution is 6.14. The molecule has 4 rings (SSSR count). The Hall–Kier alpha value is -3.93. The highest BCUT2D eigenvalue weighted by Crippen LogP contribution is 2.37. The van der Waals surface area contributed by atoms with Crippen LogP contribution in [-0.4, -0.2) is 27.1 Å². The Morgan fingerprint density at radius 2 is 1.65 bits per heavy atom. The minimum Gasteiger partial charge on any atom is -0.497 e. The van der Waals surface area contributed by atoms with E-state index in [0.29, 0.717) is 40.7 Å². The smallest absolute Gasteiger partial charge is 0.231 e. The number of ketones is 1. The summed E-state index contributed by atoms with van der Waals surface area (Å²) < 4.78 is 27.6. The number of hydrogen-bond acceptors (Lipinski definition) is 6. The van der Waals surface area contributed by atoms with E-state index in [2.05, 4.69) is 0 Å². The van der Waals surface area contributed by atoms with Crippen molar-refractivity contribution in [3.63, 3.8) is 0 Å². The van der Waals surface area contributed by atoms with Crippen molar-refractivity contribution in [2.24, 2.45) is 0 Å². The number of carbonyl (C=O) groups excluding carboxylic acids is 1. The molecule has 1 aliphatic rings. The molecule has 31 heavy (non-hydrogen) atoms. The van der Waals surface area contributed by atoms with Gasteiger partial charge in [-0.15, -0.1) is 0 Å². The highest BCUT2D eigenvalue weighted by Gasteiger charge is 2.28. The summed E-state index contributed by atoms with van der Waals surface area (Å²) in [7, 11) is 4.75. The normalized spacial score (nSPS) is 13.5. The average molecular weight is 418 g/mol. The van der Waals surface area contributed by atoms with Crippen LogP contribution in [0, 0.1) is 0 Å². The Labute approximate surface area is 180 Å². The number of Topliss-reactive ketones (excluding diaryl/α,β-unsaturated/α-hetero) is 1. The van der Waals surface area contributed by atoms with Gasteiger partial charge in [-0.3, -0.25) is 4.79 Å². The molecule has 0 fully saturated rings. The second kappa shape index (κ2) is 8.83. The first kappa shape index (κ1) is 20.3. The summed E-state index contributed by atoms with van der Waals surface area (Å²) in [4.78, 5) is 12.8. The van der Waals surface area contributed by atoms with Crippen molar-refractivity contribution in [1.29, 1.82) is 0 Å². The summed E-state index contributed by atoms with van der Waals surface area (Å²) in [6, 6.07) is 18.3. The van der Waals surface area contributed by atoms with E-state index in [1.807, 2.05) is 36.4 Å². The fraction of sp³-hybridized carbons (Fsp3) is 0.160. The molecule has 0 unspecified atom stereocenters. The van der Waals surface area contributed by atoms with Gasteiger partial charge in [0.1, 0.15) is 23.9 Å². The van der Waals surface area contributed by atoms with E-state index in [-0.39, 0.29) is 11.5 Å². The highest BCUT2D eigenvalue weighted by atomic mass is 16.5. The lowest BCUT2D eigenvalue weighted by molar-refractivity contribution is 0.101. The molecule has 0 atom stereocenters. The van der Waals surface area contributed by atoms with Crippen molar-refractivity contribution < 1.29 is 28.5 Å². The van der Waals surface area contributed by atoms with Gasteiger partial charge in [0.2, 0.25) is 5.78 Å². The summed E-state index contributed by atoms with van der Waals surface area (Å²) in [6.45, 7) is 0.389. The SMILES string of the molecule is COc1ccc(COc2ccc3c(c2)OC(=Cc2cccc(OC)c2OC)C3=O)cc1. The summed E-state index contributed by atoms with van der Waals surface area (Å²) in [5.74, 6) is 3.01. The van der Waals surface area contributed by atoms with Gasteiger partial charge < -0.3 is 23.7 Å². The first-order chi connectivity index (χ1) is 15.1. The number of hydrogen-bond donors (Lipinski definition) is 0. The maximum atomic E-state index is 12.8. The van der Waals surface area contributed by atoms with Crippen LogP contribution in [0.3, 0.4) is 0 Å². The zero-order valence-corrected chi connectivity index (χ0v) is 17.5. The Balaban J connectivity index is 1.52. The first-order valence-electron chi connectivity index (χ1n) is 9.68. The molecule has 0 aliphatic carbocycles. The van der Waals surface area contributed by atoms with Crippen molar-refractivity contribution in [3.8, 4) is 28.7 Å². The number of methoxy groups -OCH3 is 3. The van der Waals surface area contributed by atoms with Crippen LogP contribution in [0.5, 0.6) is 28.7 Å². The molecule has 1 aliphatic heterocycles. The first-order valence-corrected chi connectivity index (χ1v) is 9.68. The van der Waals surface area contributed by atoms with Crippen LogP contribution in [0.1, 0.15) is 21.5 Å². The number of benzene rings is 3. The van der Waals surface area contributed by atoms with Crippen LogP contribution < -0.4 is 23.7 Å². The van der Waals surface area contributed by atoms with Gasteiger partial charge >= 0.3 is 0 Å². The van der Waals surface area contributed by atoms with Crippen molar-refractivity contribution in [2.45, 2.75) is 6.61 Å². The Bertz CT molecular complexity index is 1130. The number of para-hydroxylation sites is 1.